The second-order valence-corrected chi connectivity index (χ2v) is 5.90. The van der Waals surface area contributed by atoms with E-state index in [1.54, 1.807) is 0 Å². The molecule has 1 saturated carbocycles. The molecule has 2 aliphatic rings. The van der Waals surface area contributed by atoms with E-state index in [1.165, 1.54) is 34.6 Å². The minimum absolute atomic E-state index is 0.0286. The van der Waals surface area contributed by atoms with Gasteiger partial charge in [-0.3, -0.25) is 4.79 Å². The molecule has 0 unspecified atom stereocenters. The summed E-state index contributed by atoms with van der Waals surface area (Å²) < 4.78 is 0. The molecule has 0 amide bonds. The molecule has 2 nitrogen and oxygen atoms in total. The summed E-state index contributed by atoms with van der Waals surface area (Å²) in [6.07, 6.45) is 6.16. The molecule has 0 atom stereocenters. The monoisotopic (exact) mass is 222 g/mol. The van der Waals surface area contributed by atoms with Crippen LogP contribution in [0.4, 0.5) is 0 Å². The first kappa shape index (κ1) is 9.40. The molecule has 3 heteroatoms. The number of fused-ring (bicyclic) bond motifs is 1. The van der Waals surface area contributed by atoms with Crippen molar-refractivity contribution in [2.75, 3.05) is 0 Å². The molecule has 0 aliphatic heterocycles. The van der Waals surface area contributed by atoms with Gasteiger partial charge in [-0.25, -0.2) is 0 Å². The number of hydrogen-bond donors (Lipinski definition) is 1. The zero-order valence-electron chi connectivity index (χ0n) is 8.58. The first-order chi connectivity index (χ1) is 7.20. The lowest BCUT2D eigenvalue weighted by Crippen LogP contribution is -2.11. The Morgan fingerprint density at radius 2 is 2.27 bits per heavy atom. The molecule has 1 aromatic rings. The van der Waals surface area contributed by atoms with E-state index >= 15 is 0 Å². The van der Waals surface area contributed by atoms with Crippen molar-refractivity contribution in [3.63, 3.8) is 0 Å². The Morgan fingerprint density at radius 3 is 2.87 bits per heavy atom. The summed E-state index contributed by atoms with van der Waals surface area (Å²) in [5, 5.41) is 8.90. The van der Waals surface area contributed by atoms with Crippen LogP contribution in [-0.4, -0.2) is 11.1 Å². The fourth-order valence-corrected chi connectivity index (χ4v) is 4.04. The first-order valence-corrected chi connectivity index (χ1v) is 6.35. The normalized spacial score (nSPS) is 21.3. The lowest BCUT2D eigenvalue weighted by Gasteiger charge is -2.09. The van der Waals surface area contributed by atoms with Crippen molar-refractivity contribution in [1.82, 2.24) is 0 Å². The Bertz CT molecular complexity index is 394. The maximum Gasteiger partial charge on any atom is 0.304 e. The van der Waals surface area contributed by atoms with Gasteiger partial charge in [0.1, 0.15) is 0 Å². The molecule has 15 heavy (non-hydrogen) atoms. The van der Waals surface area contributed by atoms with Gasteiger partial charge in [-0.15, -0.1) is 11.3 Å². The van der Waals surface area contributed by atoms with E-state index in [1.807, 2.05) is 11.3 Å². The third-order valence-corrected chi connectivity index (χ3v) is 5.10. The third-order valence-electron chi connectivity index (χ3n) is 3.61. The molecule has 1 fully saturated rings. The van der Waals surface area contributed by atoms with Gasteiger partial charge < -0.3 is 5.11 Å². The minimum atomic E-state index is -0.652. The van der Waals surface area contributed by atoms with Crippen LogP contribution in [0.1, 0.15) is 41.0 Å². The summed E-state index contributed by atoms with van der Waals surface area (Å²) in [6, 6.07) is 2.28. The minimum Gasteiger partial charge on any atom is -0.481 e. The fraction of sp³-hybridized carbons (Fsp3) is 0.583. The van der Waals surface area contributed by atoms with E-state index < -0.39 is 5.97 Å². The molecule has 0 bridgehead atoms. The van der Waals surface area contributed by atoms with Gasteiger partial charge in [0.2, 0.25) is 0 Å². The quantitative estimate of drug-likeness (QED) is 0.853. The zero-order valence-corrected chi connectivity index (χ0v) is 9.40. The fourth-order valence-electron chi connectivity index (χ4n) is 2.54. The molecule has 0 spiro atoms. The smallest absolute Gasteiger partial charge is 0.304 e. The molecule has 0 aromatic carbocycles. The summed E-state index contributed by atoms with van der Waals surface area (Å²) in [5.41, 5.74) is 1.52. The van der Waals surface area contributed by atoms with Crippen LogP contribution in [-0.2, 0) is 23.1 Å². The van der Waals surface area contributed by atoms with Crippen LogP contribution in [0.2, 0.25) is 0 Å². The largest absolute Gasteiger partial charge is 0.481 e. The van der Waals surface area contributed by atoms with Crippen LogP contribution in [0.15, 0.2) is 6.07 Å². The number of carboxylic acids is 1. The van der Waals surface area contributed by atoms with E-state index in [0.29, 0.717) is 6.42 Å². The van der Waals surface area contributed by atoms with Crippen molar-refractivity contribution in [3.05, 3.63) is 21.4 Å². The molecule has 2 aliphatic carbocycles. The van der Waals surface area contributed by atoms with Gasteiger partial charge in [0.05, 0.1) is 6.42 Å². The summed E-state index contributed by atoms with van der Waals surface area (Å²) in [7, 11) is 0. The predicted molar refractivity (Wildman–Crippen MR) is 59.5 cm³/mol. The van der Waals surface area contributed by atoms with E-state index in [-0.39, 0.29) is 5.41 Å². The molecule has 0 radical (unpaired) electrons. The standard InChI is InChI=1S/C12H14O2S/c13-11(14)7-12(4-5-12)10-6-8-2-1-3-9(8)15-10/h6H,1-5,7H2,(H,13,14). The van der Waals surface area contributed by atoms with Crippen LogP contribution in [0.5, 0.6) is 0 Å². The van der Waals surface area contributed by atoms with Gasteiger partial charge >= 0.3 is 5.97 Å². The molecule has 1 heterocycles. The molecule has 80 valence electrons. The summed E-state index contributed by atoms with van der Waals surface area (Å²) in [4.78, 5) is 13.7. The molecule has 1 aromatic heterocycles. The molecule has 0 saturated heterocycles. The van der Waals surface area contributed by atoms with Crippen LogP contribution in [0.3, 0.4) is 0 Å². The highest BCUT2D eigenvalue weighted by atomic mass is 32.1. The average Bonchev–Trinajstić information content (AvgIpc) is 2.63. The molecular weight excluding hydrogens is 208 g/mol. The Hall–Kier alpha value is -0.830. The maximum atomic E-state index is 10.8. The topological polar surface area (TPSA) is 37.3 Å². The Morgan fingerprint density at radius 1 is 1.47 bits per heavy atom. The lowest BCUT2D eigenvalue weighted by atomic mass is 10.00. The lowest BCUT2D eigenvalue weighted by molar-refractivity contribution is -0.137. The number of thiophene rings is 1. The van der Waals surface area contributed by atoms with E-state index in [2.05, 4.69) is 6.07 Å². The number of carbonyl (C=O) groups is 1. The summed E-state index contributed by atoms with van der Waals surface area (Å²) in [5.74, 6) is -0.652. The Balaban J connectivity index is 1.89. The number of hydrogen-bond acceptors (Lipinski definition) is 2. The SMILES string of the molecule is O=C(O)CC1(c2cc3c(s2)CCC3)CC1. The highest BCUT2D eigenvalue weighted by Crippen LogP contribution is 2.54. The van der Waals surface area contributed by atoms with Crippen molar-refractivity contribution >= 4 is 17.3 Å². The van der Waals surface area contributed by atoms with Gasteiger partial charge in [0.15, 0.2) is 0 Å². The predicted octanol–water partition coefficient (Wildman–Crippen LogP) is 2.74. The molecular formula is C12H14O2S. The van der Waals surface area contributed by atoms with Gasteiger partial charge in [-0.2, -0.15) is 0 Å². The van der Waals surface area contributed by atoms with E-state index in [9.17, 15) is 4.79 Å². The number of aliphatic carboxylic acids is 1. The summed E-state index contributed by atoms with van der Waals surface area (Å²) >= 11 is 1.87. The van der Waals surface area contributed by atoms with Crippen molar-refractivity contribution in [2.45, 2.75) is 43.9 Å². The highest BCUT2D eigenvalue weighted by molar-refractivity contribution is 7.12. The zero-order chi connectivity index (χ0) is 10.5. The van der Waals surface area contributed by atoms with Crippen molar-refractivity contribution in [2.24, 2.45) is 0 Å². The van der Waals surface area contributed by atoms with Gasteiger partial charge in [0.25, 0.3) is 0 Å². The van der Waals surface area contributed by atoms with Crippen LogP contribution in [0, 0.1) is 0 Å². The highest BCUT2D eigenvalue weighted by Gasteiger charge is 2.47. The van der Waals surface area contributed by atoms with Crippen molar-refractivity contribution in [3.8, 4) is 0 Å². The van der Waals surface area contributed by atoms with Crippen LogP contribution < -0.4 is 0 Å². The number of rotatable bonds is 3. The molecule has 1 N–H and O–H groups in total. The Labute approximate surface area is 92.9 Å². The van der Waals surface area contributed by atoms with Crippen LogP contribution >= 0.6 is 11.3 Å². The number of aryl methyl sites for hydroxylation is 2. The van der Waals surface area contributed by atoms with Gasteiger partial charge in [-0.05, 0) is 43.7 Å². The summed E-state index contributed by atoms with van der Waals surface area (Å²) in [6.45, 7) is 0. The van der Waals surface area contributed by atoms with E-state index in [0.717, 1.165) is 12.8 Å². The van der Waals surface area contributed by atoms with Crippen LogP contribution in [0.25, 0.3) is 0 Å². The second kappa shape index (κ2) is 3.08. The average molecular weight is 222 g/mol. The third kappa shape index (κ3) is 1.49. The number of carboxylic acid groups (broad SMARTS) is 1. The molecule has 3 rings (SSSR count). The van der Waals surface area contributed by atoms with E-state index in [4.69, 9.17) is 5.11 Å². The van der Waals surface area contributed by atoms with Crippen molar-refractivity contribution in [1.29, 1.82) is 0 Å². The maximum absolute atomic E-state index is 10.8. The first-order valence-electron chi connectivity index (χ1n) is 5.53. The van der Waals surface area contributed by atoms with Gasteiger partial charge in [0, 0.05) is 15.2 Å². The van der Waals surface area contributed by atoms with Crippen molar-refractivity contribution < 1.29 is 9.90 Å². The second-order valence-electron chi connectivity index (χ2n) is 4.76. The van der Waals surface area contributed by atoms with Gasteiger partial charge in [-0.1, -0.05) is 0 Å². The Kier molecular flexibility index (Phi) is 1.93.